The molecule has 1 N–H and O–H groups in total. The number of amides is 1. The number of aromatic nitrogens is 1. The molecule has 3 rings (SSSR count). The quantitative estimate of drug-likeness (QED) is 0.563. The zero-order valence-corrected chi connectivity index (χ0v) is 17.5. The molecule has 0 saturated carbocycles. The van der Waals surface area contributed by atoms with Gasteiger partial charge in [0.25, 0.3) is 0 Å². The first kappa shape index (κ1) is 20.9. The fourth-order valence-electron chi connectivity index (χ4n) is 3.25. The van der Waals surface area contributed by atoms with E-state index in [0.29, 0.717) is 22.8 Å². The minimum atomic E-state index is -0.189. The molecule has 1 amide bonds. The van der Waals surface area contributed by atoms with Crippen LogP contribution < -0.4 is 5.32 Å². The molecular formula is C22H24ClN3O3. The highest BCUT2D eigenvalue weighted by Gasteiger charge is 2.19. The van der Waals surface area contributed by atoms with E-state index in [9.17, 15) is 9.59 Å². The lowest BCUT2D eigenvalue weighted by atomic mass is 10.1. The summed E-state index contributed by atoms with van der Waals surface area (Å²) in [6.07, 6.45) is 1.64. The van der Waals surface area contributed by atoms with E-state index in [2.05, 4.69) is 9.88 Å². The maximum atomic E-state index is 12.8. The molecule has 0 saturated heterocycles. The SMILES string of the molecule is Cc1cc(C(=O)CN(C)CC(=O)Nc2ccc(Cl)cc2)c(C)n1Cc1ccco1. The molecule has 0 aliphatic carbocycles. The fourth-order valence-corrected chi connectivity index (χ4v) is 3.38. The predicted octanol–water partition coefficient (Wildman–Crippen LogP) is 4.15. The molecular weight excluding hydrogens is 390 g/mol. The maximum absolute atomic E-state index is 12.8. The van der Waals surface area contributed by atoms with Crippen molar-refractivity contribution < 1.29 is 14.0 Å². The highest BCUT2D eigenvalue weighted by Crippen LogP contribution is 2.18. The van der Waals surface area contributed by atoms with Crippen LogP contribution in [0.4, 0.5) is 5.69 Å². The first-order chi connectivity index (χ1) is 13.8. The summed E-state index contributed by atoms with van der Waals surface area (Å²) in [6, 6.07) is 12.5. The average Bonchev–Trinajstić information content (AvgIpc) is 3.27. The Kier molecular flexibility index (Phi) is 6.56. The summed E-state index contributed by atoms with van der Waals surface area (Å²) in [5.74, 6) is 0.623. The van der Waals surface area contributed by atoms with Crippen LogP contribution in [-0.2, 0) is 11.3 Å². The molecule has 1 aromatic carbocycles. The average molecular weight is 414 g/mol. The third kappa shape index (κ3) is 5.37. The van der Waals surface area contributed by atoms with E-state index in [0.717, 1.165) is 17.1 Å². The Bertz CT molecular complexity index is 991. The number of carbonyl (C=O) groups excluding carboxylic acids is 2. The summed E-state index contributed by atoms with van der Waals surface area (Å²) in [4.78, 5) is 26.7. The summed E-state index contributed by atoms with van der Waals surface area (Å²) in [5, 5.41) is 3.40. The van der Waals surface area contributed by atoms with Crippen LogP contribution in [0.1, 0.15) is 27.5 Å². The van der Waals surface area contributed by atoms with E-state index in [1.54, 1.807) is 42.5 Å². The number of nitrogens with one attached hydrogen (secondary N) is 1. The van der Waals surface area contributed by atoms with Gasteiger partial charge < -0.3 is 14.3 Å². The Balaban J connectivity index is 1.59. The van der Waals surface area contributed by atoms with E-state index in [4.69, 9.17) is 16.0 Å². The zero-order chi connectivity index (χ0) is 21.0. The standard InChI is InChI=1S/C22H24ClN3O3/c1-15-11-20(16(2)26(15)12-19-5-4-10-29-19)21(27)13-25(3)14-22(28)24-18-8-6-17(23)7-9-18/h4-11H,12-14H2,1-3H3,(H,24,28). The van der Waals surface area contributed by atoms with Gasteiger partial charge in [-0.2, -0.15) is 0 Å². The van der Waals surface area contributed by atoms with Crippen molar-refractivity contribution in [3.05, 3.63) is 76.5 Å². The van der Waals surface area contributed by atoms with E-state index in [-0.39, 0.29) is 24.8 Å². The normalized spacial score (nSPS) is 11.1. The Hall–Kier alpha value is -2.83. The van der Waals surface area contributed by atoms with Crippen LogP contribution in [0.2, 0.25) is 5.02 Å². The molecule has 2 aromatic heterocycles. The third-order valence-electron chi connectivity index (χ3n) is 4.72. The number of ketones is 1. The van der Waals surface area contributed by atoms with Gasteiger partial charge in [-0.05, 0) is 63.4 Å². The molecule has 0 radical (unpaired) electrons. The van der Waals surface area contributed by atoms with Crippen LogP contribution in [0.3, 0.4) is 0 Å². The van der Waals surface area contributed by atoms with Gasteiger partial charge in [-0.25, -0.2) is 0 Å². The highest BCUT2D eigenvalue weighted by atomic mass is 35.5. The van der Waals surface area contributed by atoms with Crippen molar-refractivity contribution in [3.63, 3.8) is 0 Å². The number of benzene rings is 1. The minimum Gasteiger partial charge on any atom is -0.467 e. The molecule has 2 heterocycles. The molecule has 0 spiro atoms. The topological polar surface area (TPSA) is 67.5 Å². The molecule has 0 aliphatic rings. The van der Waals surface area contributed by atoms with Crippen LogP contribution in [-0.4, -0.2) is 41.3 Å². The summed E-state index contributed by atoms with van der Waals surface area (Å²) in [5.41, 5.74) is 3.22. The largest absolute Gasteiger partial charge is 0.467 e. The first-order valence-electron chi connectivity index (χ1n) is 9.29. The van der Waals surface area contributed by atoms with Gasteiger partial charge in [0.05, 0.1) is 25.9 Å². The lowest BCUT2D eigenvalue weighted by molar-refractivity contribution is -0.116. The van der Waals surface area contributed by atoms with Gasteiger partial charge in [-0.1, -0.05) is 11.6 Å². The predicted molar refractivity (Wildman–Crippen MR) is 114 cm³/mol. The Morgan fingerprint density at radius 1 is 1.14 bits per heavy atom. The van der Waals surface area contributed by atoms with Crippen LogP contribution in [0.15, 0.2) is 53.1 Å². The van der Waals surface area contributed by atoms with E-state index < -0.39 is 0 Å². The van der Waals surface area contributed by atoms with Crippen molar-refractivity contribution in [2.45, 2.75) is 20.4 Å². The van der Waals surface area contributed by atoms with Crippen molar-refractivity contribution in [1.29, 1.82) is 0 Å². The van der Waals surface area contributed by atoms with Gasteiger partial charge in [0.15, 0.2) is 5.78 Å². The Labute approximate surface area is 175 Å². The number of carbonyl (C=O) groups is 2. The molecule has 0 fully saturated rings. The number of rotatable bonds is 8. The Morgan fingerprint density at radius 2 is 1.86 bits per heavy atom. The number of nitrogens with zero attached hydrogens (tertiary/aromatic N) is 2. The summed E-state index contributed by atoms with van der Waals surface area (Å²) >= 11 is 5.85. The van der Waals surface area contributed by atoms with E-state index in [1.165, 1.54) is 0 Å². The lowest BCUT2D eigenvalue weighted by Gasteiger charge is -2.15. The van der Waals surface area contributed by atoms with Gasteiger partial charge in [0.1, 0.15) is 5.76 Å². The van der Waals surface area contributed by atoms with Gasteiger partial charge in [-0.3, -0.25) is 14.5 Å². The van der Waals surface area contributed by atoms with E-state index >= 15 is 0 Å². The summed E-state index contributed by atoms with van der Waals surface area (Å²) in [6.45, 7) is 4.74. The number of hydrogen-bond donors (Lipinski definition) is 1. The second-order valence-electron chi connectivity index (χ2n) is 7.10. The third-order valence-corrected chi connectivity index (χ3v) is 4.98. The first-order valence-corrected chi connectivity index (χ1v) is 9.67. The number of anilines is 1. The molecule has 29 heavy (non-hydrogen) atoms. The van der Waals surface area contributed by atoms with Crippen LogP contribution in [0.5, 0.6) is 0 Å². The number of Topliss-reactive ketones (excluding diaryl/α,β-unsaturated/α-hetero) is 1. The van der Waals surface area contributed by atoms with Crippen LogP contribution in [0, 0.1) is 13.8 Å². The molecule has 0 aliphatic heterocycles. The number of likely N-dealkylation sites (N-methyl/N-ethyl adjacent to an activating group) is 1. The lowest BCUT2D eigenvalue weighted by Crippen LogP contribution is -2.34. The fraction of sp³-hybridized carbons (Fsp3) is 0.273. The van der Waals surface area contributed by atoms with Gasteiger partial charge in [0.2, 0.25) is 5.91 Å². The van der Waals surface area contributed by atoms with Crippen molar-refractivity contribution in [2.24, 2.45) is 0 Å². The molecule has 0 atom stereocenters. The van der Waals surface area contributed by atoms with Gasteiger partial charge >= 0.3 is 0 Å². The number of aryl methyl sites for hydroxylation is 1. The molecule has 3 aromatic rings. The van der Waals surface area contributed by atoms with Crippen molar-refractivity contribution >= 4 is 29.0 Å². The number of halogens is 1. The highest BCUT2D eigenvalue weighted by molar-refractivity contribution is 6.30. The van der Waals surface area contributed by atoms with Crippen molar-refractivity contribution in [2.75, 3.05) is 25.5 Å². The summed E-state index contributed by atoms with van der Waals surface area (Å²) < 4.78 is 7.47. The molecule has 6 nitrogen and oxygen atoms in total. The van der Waals surface area contributed by atoms with Crippen LogP contribution in [0.25, 0.3) is 0 Å². The van der Waals surface area contributed by atoms with Crippen molar-refractivity contribution in [3.8, 4) is 0 Å². The van der Waals surface area contributed by atoms with Gasteiger partial charge in [-0.15, -0.1) is 0 Å². The molecule has 152 valence electrons. The minimum absolute atomic E-state index is 0.0226. The maximum Gasteiger partial charge on any atom is 0.238 e. The molecule has 0 bridgehead atoms. The van der Waals surface area contributed by atoms with Crippen LogP contribution >= 0.6 is 11.6 Å². The zero-order valence-electron chi connectivity index (χ0n) is 16.7. The monoisotopic (exact) mass is 413 g/mol. The van der Waals surface area contributed by atoms with Crippen molar-refractivity contribution in [1.82, 2.24) is 9.47 Å². The summed E-state index contributed by atoms with van der Waals surface area (Å²) in [7, 11) is 1.75. The second kappa shape index (κ2) is 9.11. The Morgan fingerprint density at radius 3 is 2.52 bits per heavy atom. The number of hydrogen-bond acceptors (Lipinski definition) is 4. The molecule has 7 heteroatoms. The van der Waals surface area contributed by atoms with E-state index in [1.807, 2.05) is 32.0 Å². The number of furan rings is 1. The second-order valence-corrected chi connectivity index (χ2v) is 7.54. The van der Waals surface area contributed by atoms with Gasteiger partial charge in [0, 0.05) is 27.7 Å². The molecule has 0 unspecified atom stereocenters. The smallest absolute Gasteiger partial charge is 0.238 e.